The van der Waals surface area contributed by atoms with E-state index in [-0.39, 0.29) is 11.9 Å². The number of likely N-dealkylation sites (tertiary alicyclic amines) is 1. The molecule has 1 N–H and O–H groups in total. The number of amides is 1. The molecule has 3 nitrogen and oxygen atoms in total. The minimum absolute atomic E-state index is 0.0266. The second-order valence-corrected chi connectivity index (χ2v) is 8.92. The van der Waals surface area contributed by atoms with Crippen molar-refractivity contribution in [2.45, 2.75) is 31.8 Å². The third-order valence-corrected chi connectivity index (χ3v) is 6.15. The molecule has 1 amide bonds. The van der Waals surface area contributed by atoms with Crippen LogP contribution in [0.15, 0.2) is 42.5 Å². The monoisotopic (exact) mass is 440 g/mol. The van der Waals surface area contributed by atoms with Gasteiger partial charge in [-0.3, -0.25) is 9.69 Å². The summed E-state index contributed by atoms with van der Waals surface area (Å²) in [6.07, 6.45) is 2.99. The van der Waals surface area contributed by atoms with Crippen LogP contribution in [0, 0.1) is 2.88 Å². The zero-order valence-electron chi connectivity index (χ0n) is 13.0. The normalized spacial score (nSPS) is 18.2. The van der Waals surface area contributed by atoms with Crippen LogP contribution in [-0.4, -0.2) is 29.9 Å². The van der Waals surface area contributed by atoms with E-state index in [4.69, 9.17) is 0 Å². The number of benzene rings is 1. The summed E-state index contributed by atoms with van der Waals surface area (Å²) in [6, 6.07) is 14.7. The third kappa shape index (κ3) is 4.78. The molecule has 2 aromatic rings. The molecule has 0 bridgehead atoms. The fourth-order valence-corrected chi connectivity index (χ4v) is 4.80. The third-order valence-electron chi connectivity index (χ3n) is 4.19. The first-order chi connectivity index (χ1) is 11.2. The van der Waals surface area contributed by atoms with Gasteiger partial charge in [0.25, 0.3) is 0 Å². The Morgan fingerprint density at radius 3 is 2.83 bits per heavy atom. The first-order valence-corrected chi connectivity index (χ1v) is 9.92. The molecule has 0 saturated carbocycles. The summed E-state index contributed by atoms with van der Waals surface area (Å²) in [6.45, 7) is 2.60. The lowest BCUT2D eigenvalue weighted by Gasteiger charge is -2.23. The van der Waals surface area contributed by atoms with E-state index >= 15 is 0 Å². The van der Waals surface area contributed by atoms with E-state index in [2.05, 4.69) is 69.2 Å². The predicted octanol–water partition coefficient (Wildman–Crippen LogP) is 3.68. The van der Waals surface area contributed by atoms with E-state index in [1.807, 2.05) is 6.07 Å². The summed E-state index contributed by atoms with van der Waals surface area (Å²) in [5.41, 5.74) is 1.28. The van der Waals surface area contributed by atoms with Crippen LogP contribution < -0.4 is 5.32 Å². The van der Waals surface area contributed by atoms with Gasteiger partial charge in [0.1, 0.15) is 0 Å². The number of halogens is 1. The highest BCUT2D eigenvalue weighted by atomic mass is 127. The summed E-state index contributed by atoms with van der Waals surface area (Å²) >= 11 is 4.13. The summed E-state index contributed by atoms with van der Waals surface area (Å²) in [5, 5.41) is 3.12. The van der Waals surface area contributed by atoms with Crippen molar-refractivity contribution in [2.24, 2.45) is 0 Å². The van der Waals surface area contributed by atoms with Gasteiger partial charge in [-0.25, -0.2) is 0 Å². The Kier molecular flexibility index (Phi) is 6.08. The molecule has 1 aromatic heterocycles. The standard InChI is InChI=1S/C18H21IN2OS/c19-17-9-8-15(23-17)10-11-20-18(22)16-7-4-12-21(16)13-14-5-2-1-3-6-14/h1-3,5-6,8-9,16H,4,7,10-13H2,(H,20,22). The molecule has 23 heavy (non-hydrogen) atoms. The van der Waals surface area contributed by atoms with Crippen LogP contribution in [0.25, 0.3) is 0 Å². The fraction of sp³-hybridized carbons (Fsp3) is 0.389. The van der Waals surface area contributed by atoms with Gasteiger partial charge < -0.3 is 5.32 Å². The average molecular weight is 440 g/mol. The molecule has 1 aliphatic rings. The molecule has 3 rings (SSSR count). The minimum atomic E-state index is 0.0266. The Morgan fingerprint density at radius 2 is 2.09 bits per heavy atom. The van der Waals surface area contributed by atoms with E-state index in [0.717, 1.165) is 38.9 Å². The first-order valence-electron chi connectivity index (χ1n) is 8.02. The minimum Gasteiger partial charge on any atom is -0.354 e. The highest BCUT2D eigenvalue weighted by Gasteiger charge is 2.30. The van der Waals surface area contributed by atoms with Crippen molar-refractivity contribution in [1.29, 1.82) is 0 Å². The predicted molar refractivity (Wildman–Crippen MR) is 104 cm³/mol. The van der Waals surface area contributed by atoms with E-state index in [1.54, 1.807) is 11.3 Å². The zero-order chi connectivity index (χ0) is 16.1. The van der Waals surface area contributed by atoms with Crippen LogP contribution in [0.3, 0.4) is 0 Å². The number of thiophene rings is 1. The number of carbonyl (C=O) groups excluding carboxylic acids is 1. The topological polar surface area (TPSA) is 32.3 Å². The van der Waals surface area contributed by atoms with Gasteiger partial charge in [0.15, 0.2) is 0 Å². The van der Waals surface area contributed by atoms with E-state index < -0.39 is 0 Å². The maximum Gasteiger partial charge on any atom is 0.237 e. The number of carbonyl (C=O) groups is 1. The van der Waals surface area contributed by atoms with Crippen molar-refractivity contribution >= 4 is 39.8 Å². The molecule has 0 spiro atoms. The van der Waals surface area contributed by atoms with E-state index in [0.29, 0.717) is 0 Å². The van der Waals surface area contributed by atoms with Gasteiger partial charge in [-0.2, -0.15) is 0 Å². The van der Waals surface area contributed by atoms with Crippen molar-refractivity contribution in [1.82, 2.24) is 10.2 Å². The number of nitrogens with zero attached hydrogens (tertiary/aromatic N) is 1. The second-order valence-electron chi connectivity index (χ2n) is 5.86. The second kappa shape index (κ2) is 8.26. The van der Waals surface area contributed by atoms with Gasteiger partial charge in [0, 0.05) is 18.0 Å². The van der Waals surface area contributed by atoms with Crippen molar-refractivity contribution < 1.29 is 4.79 Å². The van der Waals surface area contributed by atoms with Crippen LogP contribution in [0.2, 0.25) is 0 Å². The van der Waals surface area contributed by atoms with Crippen LogP contribution in [0.4, 0.5) is 0 Å². The molecule has 1 fully saturated rings. The first kappa shape index (κ1) is 16.9. The molecule has 0 radical (unpaired) electrons. The van der Waals surface area contributed by atoms with E-state index in [9.17, 15) is 4.79 Å². The van der Waals surface area contributed by atoms with Crippen molar-refractivity contribution in [2.75, 3.05) is 13.1 Å². The lowest BCUT2D eigenvalue weighted by molar-refractivity contribution is -0.125. The highest BCUT2D eigenvalue weighted by Crippen LogP contribution is 2.21. The van der Waals surface area contributed by atoms with Crippen LogP contribution in [0.5, 0.6) is 0 Å². The molecule has 1 unspecified atom stereocenters. The molecule has 2 heterocycles. The summed E-state index contributed by atoms with van der Waals surface area (Å²) < 4.78 is 1.30. The van der Waals surface area contributed by atoms with Crippen molar-refractivity contribution in [3.05, 3.63) is 55.8 Å². The fourth-order valence-electron chi connectivity index (χ4n) is 3.04. The van der Waals surface area contributed by atoms with Gasteiger partial charge in [0.2, 0.25) is 5.91 Å². The maximum atomic E-state index is 12.5. The molecule has 0 aliphatic carbocycles. The number of nitrogens with one attached hydrogen (secondary N) is 1. The number of hydrogen-bond donors (Lipinski definition) is 1. The average Bonchev–Trinajstić information content (AvgIpc) is 3.17. The SMILES string of the molecule is O=C(NCCc1ccc(I)s1)C1CCCN1Cc1ccccc1. The Morgan fingerprint density at radius 1 is 1.26 bits per heavy atom. The molecule has 122 valence electrons. The van der Waals surface area contributed by atoms with Crippen LogP contribution in [0.1, 0.15) is 23.3 Å². The zero-order valence-corrected chi connectivity index (χ0v) is 16.0. The van der Waals surface area contributed by atoms with Crippen LogP contribution >= 0.6 is 33.9 Å². The molecule has 1 saturated heterocycles. The summed E-state index contributed by atoms with van der Waals surface area (Å²) in [7, 11) is 0. The van der Waals surface area contributed by atoms with Gasteiger partial charge in [-0.1, -0.05) is 30.3 Å². The quantitative estimate of drug-likeness (QED) is 0.696. The van der Waals surface area contributed by atoms with Gasteiger partial charge in [-0.05, 0) is 66.1 Å². The van der Waals surface area contributed by atoms with Gasteiger partial charge >= 0.3 is 0 Å². The number of rotatable bonds is 6. The van der Waals surface area contributed by atoms with Gasteiger partial charge in [-0.15, -0.1) is 11.3 Å². The van der Waals surface area contributed by atoms with Gasteiger partial charge in [0.05, 0.1) is 8.93 Å². The van der Waals surface area contributed by atoms with E-state index in [1.165, 1.54) is 13.3 Å². The largest absolute Gasteiger partial charge is 0.354 e. The summed E-state index contributed by atoms with van der Waals surface area (Å²) in [4.78, 5) is 16.1. The highest BCUT2D eigenvalue weighted by molar-refractivity contribution is 14.1. The maximum absolute atomic E-state index is 12.5. The Hall–Kier alpha value is -0.920. The molecular weight excluding hydrogens is 419 g/mol. The lowest BCUT2D eigenvalue weighted by atomic mass is 10.1. The molecule has 1 aliphatic heterocycles. The number of hydrogen-bond acceptors (Lipinski definition) is 3. The van der Waals surface area contributed by atoms with Crippen LogP contribution in [-0.2, 0) is 17.8 Å². The lowest BCUT2D eigenvalue weighted by Crippen LogP contribution is -2.43. The molecule has 1 aromatic carbocycles. The van der Waals surface area contributed by atoms with Crippen molar-refractivity contribution in [3.63, 3.8) is 0 Å². The smallest absolute Gasteiger partial charge is 0.237 e. The Labute approximate surface area is 155 Å². The van der Waals surface area contributed by atoms with Crippen molar-refractivity contribution in [3.8, 4) is 0 Å². The molecule has 1 atom stereocenters. The molecule has 5 heteroatoms. The summed E-state index contributed by atoms with van der Waals surface area (Å²) in [5.74, 6) is 0.185. The molecular formula is C18H21IN2OS. The Bertz CT molecular complexity index is 643. The Balaban J connectivity index is 1.49.